The average Bonchev–Trinajstić information content (AvgIpc) is 2.10. The molecule has 0 fully saturated rings. The van der Waals surface area contributed by atoms with E-state index in [1.807, 2.05) is 6.92 Å². The standard InChI is InChI=1S/C13H29NO2Si/c1-9(2)10(3)11(12(14)15)16-17(7,8)13(4,5)6/h9-11H,1-8H3,(H2,14,15)/t10?,11-/m0/s1. The molecule has 0 aromatic rings. The second-order valence-electron chi connectivity index (χ2n) is 6.80. The van der Waals surface area contributed by atoms with Gasteiger partial charge in [-0.05, 0) is 30.0 Å². The Balaban J connectivity index is 4.97. The van der Waals surface area contributed by atoms with Crippen LogP contribution in [0.15, 0.2) is 0 Å². The van der Waals surface area contributed by atoms with Gasteiger partial charge in [-0.2, -0.15) is 0 Å². The molecule has 0 aromatic heterocycles. The zero-order valence-corrected chi connectivity index (χ0v) is 13.6. The first-order valence-electron chi connectivity index (χ1n) is 6.37. The van der Waals surface area contributed by atoms with E-state index in [9.17, 15) is 4.79 Å². The maximum atomic E-state index is 11.6. The Hall–Kier alpha value is -0.353. The summed E-state index contributed by atoms with van der Waals surface area (Å²) in [7, 11) is -1.94. The molecule has 3 nitrogen and oxygen atoms in total. The van der Waals surface area contributed by atoms with Crippen LogP contribution in [0.25, 0.3) is 0 Å². The lowest BCUT2D eigenvalue weighted by atomic mass is 9.92. The van der Waals surface area contributed by atoms with E-state index in [-0.39, 0.29) is 16.9 Å². The minimum absolute atomic E-state index is 0.0946. The first-order valence-corrected chi connectivity index (χ1v) is 9.28. The highest BCUT2D eigenvalue weighted by atomic mass is 28.4. The summed E-state index contributed by atoms with van der Waals surface area (Å²) in [5.41, 5.74) is 5.48. The van der Waals surface area contributed by atoms with Crippen LogP contribution in [0.4, 0.5) is 0 Å². The number of carbonyl (C=O) groups excluding carboxylic acids is 1. The monoisotopic (exact) mass is 259 g/mol. The Labute approximate surface area is 107 Å². The van der Waals surface area contributed by atoms with Gasteiger partial charge in [0, 0.05) is 0 Å². The summed E-state index contributed by atoms with van der Waals surface area (Å²) in [5.74, 6) is 0.204. The van der Waals surface area contributed by atoms with Gasteiger partial charge in [-0.1, -0.05) is 41.5 Å². The predicted octanol–water partition coefficient (Wildman–Crippen LogP) is 3.15. The van der Waals surface area contributed by atoms with Crippen LogP contribution in [0.5, 0.6) is 0 Å². The van der Waals surface area contributed by atoms with Crippen LogP contribution < -0.4 is 5.73 Å². The van der Waals surface area contributed by atoms with Crippen molar-refractivity contribution in [3.63, 3.8) is 0 Å². The summed E-state index contributed by atoms with van der Waals surface area (Å²) in [6.45, 7) is 17.0. The minimum atomic E-state index is -1.94. The highest BCUT2D eigenvalue weighted by molar-refractivity contribution is 6.74. The highest BCUT2D eigenvalue weighted by Crippen LogP contribution is 2.38. The lowest BCUT2D eigenvalue weighted by Gasteiger charge is -2.40. The van der Waals surface area contributed by atoms with E-state index in [4.69, 9.17) is 10.2 Å². The smallest absolute Gasteiger partial charge is 0.245 e. The van der Waals surface area contributed by atoms with Crippen LogP contribution in [0, 0.1) is 11.8 Å². The molecule has 0 saturated heterocycles. The number of carbonyl (C=O) groups is 1. The third kappa shape index (κ3) is 4.43. The minimum Gasteiger partial charge on any atom is -0.405 e. The summed E-state index contributed by atoms with van der Waals surface area (Å²) in [4.78, 5) is 11.6. The Morgan fingerprint density at radius 2 is 1.59 bits per heavy atom. The highest BCUT2D eigenvalue weighted by Gasteiger charge is 2.41. The molecule has 0 radical (unpaired) electrons. The van der Waals surface area contributed by atoms with Crippen LogP contribution in [0.1, 0.15) is 41.5 Å². The van der Waals surface area contributed by atoms with Gasteiger partial charge in [0.15, 0.2) is 8.32 Å². The second-order valence-corrected chi connectivity index (χ2v) is 11.6. The quantitative estimate of drug-likeness (QED) is 0.771. The molecule has 17 heavy (non-hydrogen) atoms. The SMILES string of the molecule is CC(C)C(C)[C@H](O[Si](C)(C)C(C)(C)C)C(N)=O. The molecular formula is C13H29NO2Si. The summed E-state index contributed by atoms with van der Waals surface area (Å²) in [6.07, 6.45) is -0.462. The van der Waals surface area contributed by atoms with E-state index in [0.717, 1.165) is 0 Å². The first kappa shape index (κ1) is 16.6. The van der Waals surface area contributed by atoms with Crippen molar-refractivity contribution in [3.8, 4) is 0 Å². The lowest BCUT2D eigenvalue weighted by Crippen LogP contribution is -2.50. The van der Waals surface area contributed by atoms with Crippen molar-refractivity contribution in [3.05, 3.63) is 0 Å². The van der Waals surface area contributed by atoms with Gasteiger partial charge in [0.05, 0.1) is 0 Å². The molecule has 0 saturated carbocycles. The van der Waals surface area contributed by atoms with Crippen LogP contribution in [0.2, 0.25) is 18.1 Å². The van der Waals surface area contributed by atoms with Crippen molar-refractivity contribution in [2.24, 2.45) is 17.6 Å². The molecule has 2 N–H and O–H groups in total. The molecule has 4 heteroatoms. The van der Waals surface area contributed by atoms with Crippen molar-refractivity contribution in [1.29, 1.82) is 0 Å². The Kier molecular flexibility index (Phi) is 5.41. The molecule has 0 bridgehead atoms. The van der Waals surface area contributed by atoms with E-state index >= 15 is 0 Å². The Bertz CT molecular complexity index is 269. The van der Waals surface area contributed by atoms with E-state index in [0.29, 0.717) is 5.92 Å². The number of amides is 1. The molecule has 1 unspecified atom stereocenters. The molecule has 102 valence electrons. The number of hydrogen-bond acceptors (Lipinski definition) is 2. The number of rotatable bonds is 5. The molecule has 0 aliphatic heterocycles. The Morgan fingerprint density at radius 1 is 1.18 bits per heavy atom. The van der Waals surface area contributed by atoms with Crippen LogP contribution in [-0.4, -0.2) is 20.3 Å². The number of primary amides is 1. The maximum Gasteiger partial charge on any atom is 0.245 e. The molecule has 0 spiro atoms. The van der Waals surface area contributed by atoms with Crippen molar-refractivity contribution >= 4 is 14.2 Å². The lowest BCUT2D eigenvalue weighted by molar-refractivity contribution is -0.128. The van der Waals surface area contributed by atoms with Gasteiger partial charge in [0.1, 0.15) is 6.10 Å². The van der Waals surface area contributed by atoms with Crippen molar-refractivity contribution in [1.82, 2.24) is 0 Å². The fourth-order valence-electron chi connectivity index (χ4n) is 1.27. The molecule has 0 heterocycles. The van der Waals surface area contributed by atoms with Crippen molar-refractivity contribution < 1.29 is 9.22 Å². The van der Waals surface area contributed by atoms with Crippen molar-refractivity contribution in [2.45, 2.75) is 65.8 Å². The summed E-state index contributed by atoms with van der Waals surface area (Å²) in [5, 5.41) is 0.0946. The topological polar surface area (TPSA) is 52.3 Å². The molecule has 1 amide bonds. The van der Waals surface area contributed by atoms with E-state index < -0.39 is 14.4 Å². The molecule has 0 rings (SSSR count). The van der Waals surface area contributed by atoms with E-state index in [2.05, 4.69) is 47.7 Å². The molecule has 0 aliphatic carbocycles. The Morgan fingerprint density at radius 3 is 1.82 bits per heavy atom. The van der Waals surface area contributed by atoms with Crippen LogP contribution >= 0.6 is 0 Å². The van der Waals surface area contributed by atoms with E-state index in [1.165, 1.54) is 0 Å². The fourth-order valence-corrected chi connectivity index (χ4v) is 2.59. The third-order valence-electron chi connectivity index (χ3n) is 4.04. The zero-order valence-electron chi connectivity index (χ0n) is 12.6. The molecule has 2 atom stereocenters. The van der Waals surface area contributed by atoms with Gasteiger partial charge in [0.2, 0.25) is 5.91 Å². The number of nitrogens with two attached hydrogens (primary N) is 1. The van der Waals surface area contributed by atoms with Crippen LogP contribution in [-0.2, 0) is 9.22 Å². The molecule has 0 aromatic carbocycles. The summed E-state index contributed by atoms with van der Waals surface area (Å²) in [6, 6.07) is 0. The molecule has 0 aliphatic rings. The third-order valence-corrected chi connectivity index (χ3v) is 8.49. The van der Waals surface area contributed by atoms with Gasteiger partial charge in [0.25, 0.3) is 0 Å². The van der Waals surface area contributed by atoms with Crippen LogP contribution in [0.3, 0.4) is 0 Å². The van der Waals surface area contributed by atoms with Gasteiger partial charge in [-0.15, -0.1) is 0 Å². The van der Waals surface area contributed by atoms with Crippen molar-refractivity contribution in [2.75, 3.05) is 0 Å². The normalized spacial score (nSPS) is 17.0. The van der Waals surface area contributed by atoms with Gasteiger partial charge in [-0.25, -0.2) is 0 Å². The maximum absolute atomic E-state index is 11.6. The van der Waals surface area contributed by atoms with Gasteiger partial charge in [-0.3, -0.25) is 4.79 Å². The summed E-state index contributed by atoms with van der Waals surface area (Å²) < 4.78 is 6.15. The van der Waals surface area contributed by atoms with Gasteiger partial charge < -0.3 is 10.2 Å². The number of hydrogen-bond donors (Lipinski definition) is 1. The largest absolute Gasteiger partial charge is 0.405 e. The van der Waals surface area contributed by atoms with E-state index in [1.54, 1.807) is 0 Å². The fraction of sp³-hybridized carbons (Fsp3) is 0.923. The first-order chi connectivity index (χ1) is 7.40. The molecular weight excluding hydrogens is 230 g/mol. The predicted molar refractivity (Wildman–Crippen MR) is 75.3 cm³/mol. The summed E-state index contributed by atoms with van der Waals surface area (Å²) >= 11 is 0. The van der Waals surface area contributed by atoms with Gasteiger partial charge >= 0.3 is 0 Å². The average molecular weight is 259 g/mol. The zero-order chi connectivity index (χ0) is 14.0. The second kappa shape index (κ2) is 5.53.